The summed E-state index contributed by atoms with van der Waals surface area (Å²) in [5.74, 6) is -34.5. The van der Waals surface area contributed by atoms with Crippen molar-refractivity contribution in [1.82, 2.24) is 0 Å². The van der Waals surface area contributed by atoms with E-state index in [0.29, 0.717) is 6.92 Å². The van der Waals surface area contributed by atoms with E-state index >= 15 is 17.6 Å². The molecule has 0 radical (unpaired) electrons. The highest BCUT2D eigenvalue weighted by molar-refractivity contribution is 5.24. The molecule has 2 saturated carbocycles. The lowest BCUT2D eigenvalue weighted by Gasteiger charge is -2.54. The average Bonchev–Trinajstić information content (AvgIpc) is 3.33. The molecule has 37 heavy (non-hydrogen) atoms. The third-order valence-electron chi connectivity index (χ3n) is 7.17. The monoisotopic (exact) mass is 574 g/mol. The van der Waals surface area contributed by atoms with Crippen molar-refractivity contribution >= 4 is 0 Å². The standard InChI is InChI=1S/C21H24F14O2/c1-4-8-36-11(3)37-15(16(22,23)18(26,27)20(30,31)32,17(24,25)19(28,29)21(33,34)35)13-10-14(5-2)7-6-12(13)9-14/h5,11-13H,2,4,6-10H2,1,3H3. The second-order valence-corrected chi connectivity index (χ2v) is 9.47. The molecular formula is C21H24F14O2. The molecule has 0 aromatic heterocycles. The van der Waals surface area contributed by atoms with Crippen LogP contribution in [0.2, 0.25) is 0 Å². The lowest BCUT2D eigenvalue weighted by atomic mass is 9.64. The van der Waals surface area contributed by atoms with Crippen LogP contribution >= 0.6 is 0 Å². The molecule has 0 spiro atoms. The van der Waals surface area contributed by atoms with Gasteiger partial charge in [-0.3, -0.25) is 0 Å². The quantitative estimate of drug-likeness (QED) is 0.141. The summed E-state index contributed by atoms with van der Waals surface area (Å²) >= 11 is 0. The minimum Gasteiger partial charge on any atom is -0.353 e. The summed E-state index contributed by atoms with van der Waals surface area (Å²) < 4.78 is 207. The van der Waals surface area contributed by atoms with Crippen molar-refractivity contribution in [2.75, 3.05) is 6.61 Å². The summed E-state index contributed by atoms with van der Waals surface area (Å²) in [5, 5.41) is 0. The molecule has 16 heteroatoms. The maximum absolute atomic E-state index is 15.5. The van der Waals surface area contributed by atoms with E-state index in [4.69, 9.17) is 0 Å². The van der Waals surface area contributed by atoms with E-state index in [1.165, 1.54) is 6.92 Å². The first-order valence-corrected chi connectivity index (χ1v) is 11.0. The van der Waals surface area contributed by atoms with Gasteiger partial charge in [0.15, 0.2) is 6.29 Å². The molecule has 0 amide bonds. The first-order valence-electron chi connectivity index (χ1n) is 11.0. The summed E-state index contributed by atoms with van der Waals surface area (Å²) in [6, 6.07) is 0. The largest absolute Gasteiger partial charge is 0.459 e. The molecule has 2 bridgehead atoms. The predicted octanol–water partition coefficient (Wildman–Crippen LogP) is 8.17. The molecule has 4 atom stereocenters. The Bertz CT molecular complexity index is 796. The molecule has 0 N–H and O–H groups in total. The molecule has 2 nitrogen and oxygen atoms in total. The van der Waals surface area contributed by atoms with Gasteiger partial charge in [-0.15, -0.1) is 6.58 Å². The van der Waals surface area contributed by atoms with E-state index in [-0.39, 0.29) is 12.8 Å². The minimum atomic E-state index is -7.53. The molecule has 2 rings (SSSR count). The van der Waals surface area contributed by atoms with Gasteiger partial charge in [0, 0.05) is 12.5 Å². The Hall–Kier alpha value is -1.32. The molecule has 0 aromatic carbocycles. The van der Waals surface area contributed by atoms with E-state index in [0.717, 1.165) is 6.08 Å². The van der Waals surface area contributed by atoms with E-state index < -0.39 is 91.1 Å². The van der Waals surface area contributed by atoms with Gasteiger partial charge in [-0.2, -0.15) is 61.5 Å². The van der Waals surface area contributed by atoms with Crippen LogP contribution in [0.5, 0.6) is 0 Å². The molecule has 218 valence electrons. The summed E-state index contributed by atoms with van der Waals surface area (Å²) in [4.78, 5) is 0. The van der Waals surface area contributed by atoms with Gasteiger partial charge in [0.25, 0.3) is 0 Å². The van der Waals surface area contributed by atoms with Gasteiger partial charge in [-0.25, -0.2) is 0 Å². The smallest absolute Gasteiger partial charge is 0.353 e. The van der Waals surface area contributed by atoms with E-state index in [1.54, 1.807) is 0 Å². The molecule has 2 fully saturated rings. The van der Waals surface area contributed by atoms with Crippen molar-refractivity contribution in [3.63, 3.8) is 0 Å². The van der Waals surface area contributed by atoms with Crippen LogP contribution in [0, 0.1) is 17.3 Å². The Morgan fingerprint density at radius 2 is 1.27 bits per heavy atom. The fraction of sp³-hybridized carbons (Fsp3) is 0.905. The number of hydrogen-bond acceptors (Lipinski definition) is 2. The van der Waals surface area contributed by atoms with Crippen LogP contribution < -0.4 is 0 Å². The van der Waals surface area contributed by atoms with Gasteiger partial charge in [0.1, 0.15) is 0 Å². The zero-order chi connectivity index (χ0) is 29.1. The van der Waals surface area contributed by atoms with Crippen LogP contribution in [0.4, 0.5) is 61.5 Å². The third kappa shape index (κ3) is 4.50. The molecule has 4 unspecified atom stereocenters. The van der Waals surface area contributed by atoms with Gasteiger partial charge >= 0.3 is 36.0 Å². The first-order chi connectivity index (χ1) is 16.4. The zero-order valence-corrected chi connectivity index (χ0v) is 19.4. The van der Waals surface area contributed by atoms with E-state index in [1.807, 2.05) is 0 Å². The number of allylic oxidation sites excluding steroid dienone is 1. The van der Waals surface area contributed by atoms with Gasteiger partial charge in [-0.05, 0) is 50.4 Å². The van der Waals surface area contributed by atoms with Crippen molar-refractivity contribution in [2.45, 2.75) is 93.9 Å². The molecular weight excluding hydrogens is 550 g/mol. The summed E-state index contributed by atoms with van der Waals surface area (Å²) in [6.45, 7) is 4.54. The van der Waals surface area contributed by atoms with Crippen LogP contribution in [0.25, 0.3) is 0 Å². The van der Waals surface area contributed by atoms with Crippen molar-refractivity contribution in [3.8, 4) is 0 Å². The maximum atomic E-state index is 15.5. The fourth-order valence-electron chi connectivity index (χ4n) is 5.38. The van der Waals surface area contributed by atoms with Crippen molar-refractivity contribution in [2.24, 2.45) is 17.3 Å². The fourth-order valence-corrected chi connectivity index (χ4v) is 5.38. The van der Waals surface area contributed by atoms with Crippen LogP contribution in [-0.4, -0.2) is 54.5 Å². The van der Waals surface area contributed by atoms with Crippen LogP contribution in [0.1, 0.15) is 46.0 Å². The normalized spacial score (nSPS) is 27.0. The molecule has 2 aliphatic rings. The van der Waals surface area contributed by atoms with Gasteiger partial charge < -0.3 is 9.47 Å². The Labute approximate surface area is 202 Å². The van der Waals surface area contributed by atoms with Crippen LogP contribution in [-0.2, 0) is 9.47 Å². The highest BCUT2D eigenvalue weighted by Crippen LogP contribution is 2.71. The number of rotatable bonds is 11. The topological polar surface area (TPSA) is 18.5 Å². The highest BCUT2D eigenvalue weighted by atomic mass is 19.4. The third-order valence-corrected chi connectivity index (χ3v) is 7.17. The van der Waals surface area contributed by atoms with Gasteiger partial charge in [0.2, 0.25) is 5.60 Å². The molecule has 0 saturated heterocycles. The predicted molar refractivity (Wildman–Crippen MR) is 99.5 cm³/mol. The Balaban J connectivity index is 3.00. The lowest BCUT2D eigenvalue weighted by molar-refractivity contribution is -0.477. The van der Waals surface area contributed by atoms with E-state index in [2.05, 4.69) is 16.1 Å². The second kappa shape index (κ2) is 9.40. The summed E-state index contributed by atoms with van der Waals surface area (Å²) in [5.41, 5.74) is -7.49. The summed E-state index contributed by atoms with van der Waals surface area (Å²) in [7, 11) is 0. The molecule has 2 aliphatic carbocycles. The highest BCUT2D eigenvalue weighted by Gasteiger charge is 2.94. The Morgan fingerprint density at radius 3 is 1.62 bits per heavy atom. The zero-order valence-electron chi connectivity index (χ0n) is 19.4. The van der Waals surface area contributed by atoms with Crippen LogP contribution in [0.3, 0.4) is 0 Å². The SMILES string of the molecule is C=CC12CCC(C1)C(C(OC(C)OCCC)(C(F)(F)C(F)(F)C(F)(F)F)C(F)(F)C(F)(F)C(F)(F)F)C2. The van der Waals surface area contributed by atoms with Crippen molar-refractivity contribution in [3.05, 3.63) is 12.7 Å². The lowest BCUT2D eigenvalue weighted by Crippen LogP contribution is -2.80. The maximum Gasteiger partial charge on any atom is 0.459 e. The molecule has 0 aliphatic heterocycles. The number of fused-ring (bicyclic) bond motifs is 2. The second-order valence-electron chi connectivity index (χ2n) is 9.47. The number of hydrogen-bond donors (Lipinski definition) is 0. The van der Waals surface area contributed by atoms with E-state index in [9.17, 15) is 43.9 Å². The van der Waals surface area contributed by atoms with Gasteiger partial charge in [0.05, 0.1) is 0 Å². The Morgan fingerprint density at radius 1 is 0.811 bits per heavy atom. The number of alkyl halides is 14. The van der Waals surface area contributed by atoms with Gasteiger partial charge in [-0.1, -0.05) is 13.0 Å². The number of ether oxygens (including phenoxy) is 2. The first kappa shape index (κ1) is 31.9. The minimum absolute atomic E-state index is 0.0297. The summed E-state index contributed by atoms with van der Waals surface area (Å²) in [6.07, 6.45) is -18.5. The number of halogens is 14. The van der Waals surface area contributed by atoms with Crippen molar-refractivity contribution < 1.29 is 70.9 Å². The van der Waals surface area contributed by atoms with Crippen LogP contribution in [0.15, 0.2) is 12.7 Å². The molecule has 0 heterocycles. The molecule has 0 aromatic rings. The average molecular weight is 574 g/mol. The Kier molecular flexibility index (Phi) is 8.11. The van der Waals surface area contributed by atoms with Crippen molar-refractivity contribution in [1.29, 1.82) is 0 Å².